The first kappa shape index (κ1) is 30.3. The summed E-state index contributed by atoms with van der Waals surface area (Å²) >= 11 is 0. The van der Waals surface area contributed by atoms with E-state index in [9.17, 15) is 0 Å². The summed E-state index contributed by atoms with van der Waals surface area (Å²) in [5, 5.41) is 0. The highest BCUT2D eigenvalue weighted by atomic mass is 15.2. The summed E-state index contributed by atoms with van der Waals surface area (Å²) in [6.07, 6.45) is 2.64. The molecule has 2 fully saturated rings. The SMILES string of the molecule is C.C.C.CC1CCN(C)C1.CC1CN(C)C1.CC1Cc2ccccc2CN(C)C1. The minimum absolute atomic E-state index is 0. The van der Waals surface area contributed by atoms with Gasteiger partial charge in [0.15, 0.2) is 0 Å². The summed E-state index contributed by atoms with van der Waals surface area (Å²) in [6.45, 7) is 14.5. The number of hydrogen-bond donors (Lipinski definition) is 0. The maximum atomic E-state index is 2.41. The number of likely N-dealkylation sites (tertiary alicyclic amines) is 2. The largest absolute Gasteiger partial charge is 0.306 e. The Labute approximate surface area is 184 Å². The smallest absolute Gasteiger partial charge is 0.0233 e. The number of benzene rings is 1. The van der Waals surface area contributed by atoms with Crippen molar-refractivity contribution in [3.63, 3.8) is 0 Å². The molecule has 4 rings (SSSR count). The highest BCUT2D eigenvalue weighted by molar-refractivity contribution is 5.28. The lowest BCUT2D eigenvalue weighted by Crippen LogP contribution is -2.41. The molecule has 3 heteroatoms. The second kappa shape index (κ2) is 15.0. The van der Waals surface area contributed by atoms with Crippen molar-refractivity contribution < 1.29 is 0 Å². The normalized spacial score (nSPS) is 24.5. The Balaban J connectivity index is 0. The molecule has 0 N–H and O–H groups in total. The van der Waals surface area contributed by atoms with Crippen LogP contribution in [0.2, 0.25) is 0 Å². The lowest BCUT2D eigenvalue weighted by atomic mass is 9.99. The molecule has 0 aliphatic carbocycles. The van der Waals surface area contributed by atoms with Gasteiger partial charge in [0.1, 0.15) is 0 Å². The van der Waals surface area contributed by atoms with Gasteiger partial charge in [-0.25, -0.2) is 0 Å². The molecular formula is C26H53N3. The van der Waals surface area contributed by atoms with Crippen LogP contribution < -0.4 is 0 Å². The Morgan fingerprint density at radius 1 is 0.655 bits per heavy atom. The number of rotatable bonds is 0. The number of hydrogen-bond acceptors (Lipinski definition) is 3. The van der Waals surface area contributed by atoms with Crippen LogP contribution in [-0.4, -0.2) is 68.6 Å². The van der Waals surface area contributed by atoms with E-state index in [0.29, 0.717) is 0 Å². The molecule has 0 aromatic heterocycles. The second-order valence-electron chi connectivity index (χ2n) is 9.26. The van der Waals surface area contributed by atoms with Crippen LogP contribution in [0.3, 0.4) is 0 Å². The molecule has 2 unspecified atom stereocenters. The molecule has 0 spiro atoms. The van der Waals surface area contributed by atoms with Gasteiger partial charge in [-0.1, -0.05) is 67.3 Å². The molecule has 29 heavy (non-hydrogen) atoms. The minimum Gasteiger partial charge on any atom is -0.306 e. The Bertz CT molecular complexity index is 481. The fraction of sp³-hybridized carbons (Fsp3) is 0.769. The van der Waals surface area contributed by atoms with Gasteiger partial charge >= 0.3 is 0 Å². The summed E-state index contributed by atoms with van der Waals surface area (Å²) in [5.74, 6) is 2.70. The van der Waals surface area contributed by atoms with E-state index >= 15 is 0 Å². The fourth-order valence-electron chi connectivity index (χ4n) is 4.40. The lowest BCUT2D eigenvalue weighted by Gasteiger charge is -2.33. The van der Waals surface area contributed by atoms with Crippen LogP contribution in [0.25, 0.3) is 0 Å². The maximum Gasteiger partial charge on any atom is 0.0233 e. The van der Waals surface area contributed by atoms with Crippen molar-refractivity contribution in [2.24, 2.45) is 17.8 Å². The average Bonchev–Trinajstić information content (AvgIpc) is 2.85. The van der Waals surface area contributed by atoms with E-state index in [4.69, 9.17) is 0 Å². The van der Waals surface area contributed by atoms with E-state index in [-0.39, 0.29) is 22.3 Å². The first-order valence-corrected chi connectivity index (χ1v) is 10.5. The zero-order valence-electron chi connectivity index (χ0n) is 18.0. The predicted molar refractivity (Wildman–Crippen MR) is 134 cm³/mol. The van der Waals surface area contributed by atoms with Gasteiger partial charge in [-0.3, -0.25) is 0 Å². The molecule has 3 aliphatic rings. The first-order valence-electron chi connectivity index (χ1n) is 10.5. The standard InChI is InChI=1S/C12H17N.C6H13N.C5H11N.3CH4/c1-10-7-11-5-3-4-6-12(11)9-13(2)8-10;1-6-3-4-7(2)5-6;1-5-3-6(2)4-5;;;/h3-6,10H,7-9H2,1-2H3;6H,3-5H2,1-2H3;5H,3-4H2,1-2H3;3*1H4. The van der Waals surface area contributed by atoms with Crippen molar-refractivity contribution in [1.29, 1.82) is 0 Å². The number of nitrogens with zero attached hydrogens (tertiary/aromatic N) is 3. The predicted octanol–water partition coefficient (Wildman–Crippen LogP) is 5.74. The lowest BCUT2D eigenvalue weighted by molar-refractivity contribution is 0.149. The summed E-state index contributed by atoms with van der Waals surface area (Å²) in [7, 11) is 6.54. The Morgan fingerprint density at radius 3 is 1.55 bits per heavy atom. The van der Waals surface area contributed by atoms with Crippen LogP contribution in [0.15, 0.2) is 24.3 Å². The molecule has 2 saturated heterocycles. The van der Waals surface area contributed by atoms with Crippen LogP contribution >= 0.6 is 0 Å². The minimum atomic E-state index is 0. The molecule has 172 valence electrons. The van der Waals surface area contributed by atoms with Crippen LogP contribution in [0.4, 0.5) is 0 Å². The highest BCUT2D eigenvalue weighted by Crippen LogP contribution is 2.20. The van der Waals surface area contributed by atoms with Gasteiger partial charge in [0, 0.05) is 32.7 Å². The zero-order chi connectivity index (χ0) is 19.1. The Hall–Kier alpha value is -0.900. The van der Waals surface area contributed by atoms with E-state index in [0.717, 1.165) is 24.3 Å². The summed E-state index contributed by atoms with van der Waals surface area (Å²) < 4.78 is 0. The first-order chi connectivity index (χ1) is 12.3. The molecule has 3 aliphatic heterocycles. The zero-order valence-corrected chi connectivity index (χ0v) is 18.0. The summed E-state index contributed by atoms with van der Waals surface area (Å²) in [5.41, 5.74) is 3.05. The Morgan fingerprint density at radius 2 is 1.17 bits per heavy atom. The number of fused-ring (bicyclic) bond motifs is 1. The van der Waals surface area contributed by atoms with E-state index in [1.165, 1.54) is 51.1 Å². The maximum absolute atomic E-state index is 2.41. The molecule has 1 aromatic rings. The molecule has 0 radical (unpaired) electrons. The third-order valence-corrected chi connectivity index (χ3v) is 5.62. The molecule has 3 heterocycles. The van der Waals surface area contributed by atoms with E-state index in [2.05, 4.69) is 80.9 Å². The van der Waals surface area contributed by atoms with Crippen molar-refractivity contribution in [3.8, 4) is 0 Å². The monoisotopic (exact) mass is 407 g/mol. The van der Waals surface area contributed by atoms with Gasteiger partial charge in [0.2, 0.25) is 0 Å². The highest BCUT2D eigenvalue weighted by Gasteiger charge is 2.17. The van der Waals surface area contributed by atoms with E-state index in [1.807, 2.05) is 0 Å². The van der Waals surface area contributed by atoms with Gasteiger partial charge in [0.25, 0.3) is 0 Å². The van der Waals surface area contributed by atoms with Gasteiger partial charge < -0.3 is 14.7 Å². The molecule has 0 bridgehead atoms. The van der Waals surface area contributed by atoms with Crippen molar-refractivity contribution in [3.05, 3.63) is 35.4 Å². The van der Waals surface area contributed by atoms with Gasteiger partial charge in [-0.2, -0.15) is 0 Å². The van der Waals surface area contributed by atoms with Gasteiger partial charge in [-0.05, 0) is 69.4 Å². The molecule has 2 atom stereocenters. The molecule has 0 saturated carbocycles. The van der Waals surface area contributed by atoms with Gasteiger partial charge in [0.05, 0.1) is 0 Å². The molecule has 0 amide bonds. The van der Waals surface area contributed by atoms with Crippen LogP contribution in [-0.2, 0) is 13.0 Å². The fourth-order valence-corrected chi connectivity index (χ4v) is 4.40. The van der Waals surface area contributed by atoms with Crippen molar-refractivity contribution in [2.75, 3.05) is 53.9 Å². The average molecular weight is 408 g/mol. The van der Waals surface area contributed by atoms with Crippen molar-refractivity contribution in [1.82, 2.24) is 14.7 Å². The molecule has 1 aromatic carbocycles. The van der Waals surface area contributed by atoms with E-state index < -0.39 is 0 Å². The quantitative estimate of drug-likeness (QED) is 0.542. The third-order valence-electron chi connectivity index (χ3n) is 5.62. The van der Waals surface area contributed by atoms with Crippen LogP contribution in [0.5, 0.6) is 0 Å². The van der Waals surface area contributed by atoms with E-state index in [1.54, 1.807) is 5.56 Å². The summed E-state index contributed by atoms with van der Waals surface area (Å²) in [6, 6.07) is 8.81. The molecular weight excluding hydrogens is 354 g/mol. The van der Waals surface area contributed by atoms with Gasteiger partial charge in [-0.15, -0.1) is 0 Å². The Kier molecular flexibility index (Phi) is 15.7. The second-order valence-corrected chi connectivity index (χ2v) is 9.26. The molecule has 3 nitrogen and oxygen atoms in total. The third kappa shape index (κ3) is 11.2. The van der Waals surface area contributed by atoms with Crippen molar-refractivity contribution >= 4 is 0 Å². The van der Waals surface area contributed by atoms with Crippen LogP contribution in [0, 0.1) is 17.8 Å². The van der Waals surface area contributed by atoms with Crippen molar-refractivity contribution in [2.45, 2.75) is 62.4 Å². The summed E-state index contributed by atoms with van der Waals surface area (Å²) in [4.78, 5) is 7.12. The topological polar surface area (TPSA) is 9.72 Å². The van der Waals surface area contributed by atoms with Crippen LogP contribution in [0.1, 0.15) is 60.6 Å².